The lowest BCUT2D eigenvalue weighted by Gasteiger charge is -2.29. The molecule has 1 aliphatic carbocycles. The zero-order valence-electron chi connectivity index (χ0n) is 30.1. The largest absolute Gasteiger partial charge is 0.452 e. The Morgan fingerprint density at radius 1 is 0.444 bits per heavy atom. The standard InChI is InChI=1S/C51H36N2O/c1-51(2)42-24-10-6-19-36(42)37-31-30-34(32-43(37)51)52(44-25-11-7-18-35(44)33-16-4-3-5-17-33)47-28-14-22-40-41-23-15-29-48(50(41)54-49(40)47)53-45-26-12-8-20-38(45)39-21-9-13-27-46(39)53/h3-32H,1-2H3. The van der Waals surface area contributed by atoms with Crippen LogP contribution in [0.2, 0.25) is 0 Å². The van der Waals surface area contributed by atoms with E-state index in [1.54, 1.807) is 0 Å². The number of hydrogen-bond donors (Lipinski definition) is 0. The van der Waals surface area contributed by atoms with Crippen LogP contribution < -0.4 is 4.90 Å². The van der Waals surface area contributed by atoms with Crippen LogP contribution in [-0.4, -0.2) is 4.57 Å². The first kappa shape index (κ1) is 30.8. The fraction of sp³-hybridized carbons (Fsp3) is 0.0588. The zero-order valence-corrected chi connectivity index (χ0v) is 30.1. The second-order valence-corrected chi connectivity index (χ2v) is 14.9. The lowest BCUT2D eigenvalue weighted by Crippen LogP contribution is -2.17. The van der Waals surface area contributed by atoms with Crippen molar-refractivity contribution in [2.45, 2.75) is 19.3 Å². The summed E-state index contributed by atoms with van der Waals surface area (Å²) >= 11 is 0. The first-order valence-electron chi connectivity index (χ1n) is 18.7. The van der Waals surface area contributed by atoms with Crippen molar-refractivity contribution in [2.24, 2.45) is 0 Å². The highest BCUT2D eigenvalue weighted by molar-refractivity contribution is 6.15. The van der Waals surface area contributed by atoms with Crippen LogP contribution in [0.4, 0.5) is 17.1 Å². The summed E-state index contributed by atoms with van der Waals surface area (Å²) in [5, 5.41) is 4.63. The van der Waals surface area contributed by atoms with Crippen LogP contribution in [0.5, 0.6) is 0 Å². The van der Waals surface area contributed by atoms with Gasteiger partial charge in [-0.2, -0.15) is 0 Å². The van der Waals surface area contributed by atoms with Crippen LogP contribution in [0.1, 0.15) is 25.0 Å². The molecule has 0 amide bonds. The number of hydrogen-bond acceptors (Lipinski definition) is 2. The van der Waals surface area contributed by atoms with Crippen LogP contribution in [0.15, 0.2) is 186 Å². The zero-order chi connectivity index (χ0) is 36.0. The number of benzene rings is 8. The van der Waals surface area contributed by atoms with Gasteiger partial charge in [-0.3, -0.25) is 0 Å². The summed E-state index contributed by atoms with van der Waals surface area (Å²) in [6.45, 7) is 4.69. The van der Waals surface area contributed by atoms with E-state index in [9.17, 15) is 0 Å². The smallest absolute Gasteiger partial charge is 0.159 e. The molecule has 0 unspecified atom stereocenters. The normalized spacial score (nSPS) is 13.1. The van der Waals surface area contributed by atoms with Gasteiger partial charge >= 0.3 is 0 Å². The van der Waals surface area contributed by atoms with Crippen molar-refractivity contribution in [3.05, 3.63) is 193 Å². The molecular weight excluding hydrogens is 657 g/mol. The molecule has 8 aromatic carbocycles. The van der Waals surface area contributed by atoms with E-state index < -0.39 is 0 Å². The minimum absolute atomic E-state index is 0.144. The Morgan fingerprint density at radius 2 is 1.02 bits per heavy atom. The third-order valence-electron chi connectivity index (χ3n) is 11.6. The predicted molar refractivity (Wildman–Crippen MR) is 226 cm³/mol. The van der Waals surface area contributed by atoms with Crippen molar-refractivity contribution in [1.82, 2.24) is 4.57 Å². The first-order chi connectivity index (χ1) is 26.6. The van der Waals surface area contributed by atoms with E-state index in [0.717, 1.165) is 66.8 Å². The van der Waals surface area contributed by atoms with Crippen LogP contribution in [-0.2, 0) is 5.41 Å². The molecule has 0 saturated carbocycles. The van der Waals surface area contributed by atoms with Crippen molar-refractivity contribution in [3.63, 3.8) is 0 Å². The van der Waals surface area contributed by atoms with Gasteiger partial charge in [0.25, 0.3) is 0 Å². The number of fused-ring (bicyclic) bond motifs is 9. The SMILES string of the molecule is CC1(C)c2ccccc2-c2ccc(N(c3ccccc3-c3ccccc3)c3cccc4c3oc3c(-n5c6ccccc6c6ccccc65)cccc34)cc21. The Balaban J connectivity index is 1.19. The van der Waals surface area contributed by atoms with Crippen molar-refractivity contribution < 1.29 is 4.42 Å². The van der Waals surface area contributed by atoms with Crippen LogP contribution in [0.25, 0.3) is 71.7 Å². The van der Waals surface area contributed by atoms with Gasteiger partial charge < -0.3 is 13.9 Å². The molecule has 1 aliphatic rings. The highest BCUT2D eigenvalue weighted by atomic mass is 16.3. The van der Waals surface area contributed by atoms with Crippen LogP contribution >= 0.6 is 0 Å². The number of aromatic nitrogens is 1. The van der Waals surface area contributed by atoms with E-state index in [2.05, 4.69) is 205 Å². The van der Waals surface area contributed by atoms with Crippen molar-refractivity contribution in [2.75, 3.05) is 4.90 Å². The fourth-order valence-corrected chi connectivity index (χ4v) is 9.09. The Labute approximate surface area is 314 Å². The number of nitrogens with zero attached hydrogens (tertiary/aromatic N) is 2. The van der Waals surface area contributed by atoms with E-state index in [4.69, 9.17) is 4.42 Å². The van der Waals surface area contributed by atoms with Gasteiger partial charge in [-0.05, 0) is 70.3 Å². The van der Waals surface area contributed by atoms with Crippen LogP contribution in [0.3, 0.4) is 0 Å². The molecule has 10 aromatic rings. The number of anilines is 3. The molecule has 11 rings (SSSR count). The minimum Gasteiger partial charge on any atom is -0.452 e. The van der Waals surface area contributed by atoms with E-state index in [-0.39, 0.29) is 5.41 Å². The fourth-order valence-electron chi connectivity index (χ4n) is 9.09. The van der Waals surface area contributed by atoms with Gasteiger partial charge in [0.1, 0.15) is 0 Å². The molecule has 0 fully saturated rings. The Morgan fingerprint density at radius 3 is 1.80 bits per heavy atom. The van der Waals surface area contributed by atoms with E-state index in [0.29, 0.717) is 0 Å². The van der Waals surface area contributed by atoms with E-state index in [1.165, 1.54) is 33.0 Å². The van der Waals surface area contributed by atoms with Gasteiger partial charge in [0.2, 0.25) is 0 Å². The van der Waals surface area contributed by atoms with Crippen LogP contribution in [0, 0.1) is 0 Å². The van der Waals surface area contributed by atoms with E-state index >= 15 is 0 Å². The van der Waals surface area contributed by atoms with Crippen molar-refractivity contribution >= 4 is 60.8 Å². The molecule has 0 atom stereocenters. The maximum absolute atomic E-state index is 7.23. The number of rotatable bonds is 5. The Bertz CT molecular complexity index is 3040. The summed E-state index contributed by atoms with van der Waals surface area (Å²) in [7, 11) is 0. The maximum atomic E-state index is 7.23. The summed E-state index contributed by atoms with van der Waals surface area (Å²) in [6, 6.07) is 65.7. The van der Waals surface area contributed by atoms with Gasteiger partial charge in [-0.15, -0.1) is 0 Å². The summed E-state index contributed by atoms with van der Waals surface area (Å²) in [4.78, 5) is 2.41. The molecule has 2 aromatic heterocycles. The highest BCUT2D eigenvalue weighted by Gasteiger charge is 2.36. The van der Waals surface area contributed by atoms with Crippen molar-refractivity contribution in [3.8, 4) is 27.9 Å². The lowest BCUT2D eigenvalue weighted by molar-refractivity contribution is 0.660. The Hall–Kier alpha value is -6.84. The third kappa shape index (κ3) is 4.36. The summed E-state index contributed by atoms with van der Waals surface area (Å²) < 4.78 is 9.59. The average Bonchev–Trinajstić information content (AvgIpc) is 3.85. The molecule has 54 heavy (non-hydrogen) atoms. The van der Waals surface area contributed by atoms with Gasteiger partial charge in [-0.1, -0.05) is 153 Å². The molecular formula is C51H36N2O. The second-order valence-electron chi connectivity index (χ2n) is 14.9. The number of para-hydroxylation sites is 5. The maximum Gasteiger partial charge on any atom is 0.159 e. The molecule has 2 heterocycles. The minimum atomic E-state index is -0.144. The number of furan rings is 1. The molecule has 0 radical (unpaired) electrons. The average molecular weight is 693 g/mol. The Kier molecular flexibility index (Phi) is 6.60. The molecule has 3 nitrogen and oxygen atoms in total. The molecule has 0 spiro atoms. The molecule has 256 valence electrons. The lowest BCUT2D eigenvalue weighted by atomic mass is 9.82. The van der Waals surface area contributed by atoms with E-state index in [1.807, 2.05) is 0 Å². The molecule has 0 saturated heterocycles. The summed E-state index contributed by atoms with van der Waals surface area (Å²) in [5.74, 6) is 0. The third-order valence-corrected chi connectivity index (χ3v) is 11.6. The quantitative estimate of drug-likeness (QED) is 0.179. The first-order valence-corrected chi connectivity index (χ1v) is 18.7. The monoisotopic (exact) mass is 692 g/mol. The van der Waals surface area contributed by atoms with Gasteiger partial charge in [0.15, 0.2) is 11.2 Å². The molecule has 3 heteroatoms. The van der Waals surface area contributed by atoms with Gasteiger partial charge in [-0.25, -0.2) is 0 Å². The summed E-state index contributed by atoms with van der Waals surface area (Å²) in [6.07, 6.45) is 0. The molecule has 0 N–H and O–H groups in total. The van der Waals surface area contributed by atoms with Gasteiger partial charge in [0.05, 0.1) is 28.1 Å². The summed E-state index contributed by atoms with van der Waals surface area (Å²) in [5.41, 5.74) is 15.7. The predicted octanol–water partition coefficient (Wildman–Crippen LogP) is 14.1. The molecule has 0 aliphatic heterocycles. The topological polar surface area (TPSA) is 21.3 Å². The van der Waals surface area contributed by atoms with Gasteiger partial charge in [0, 0.05) is 38.2 Å². The molecule has 0 bridgehead atoms. The second kappa shape index (κ2) is 11.6. The van der Waals surface area contributed by atoms with Crippen molar-refractivity contribution in [1.29, 1.82) is 0 Å². The highest BCUT2D eigenvalue weighted by Crippen LogP contribution is 2.52.